The fourth-order valence-electron chi connectivity index (χ4n) is 1.33. The Hall–Kier alpha value is -1.45. The van der Waals surface area contributed by atoms with Crippen molar-refractivity contribution in [3.8, 4) is 5.75 Å². The predicted octanol–water partition coefficient (Wildman–Crippen LogP) is 2.73. The van der Waals surface area contributed by atoms with Crippen LogP contribution in [0.3, 0.4) is 0 Å². The lowest BCUT2D eigenvalue weighted by Gasteiger charge is -2.10. The van der Waals surface area contributed by atoms with E-state index < -0.39 is 6.61 Å². The maximum Gasteiger partial charge on any atom is 0.387 e. The van der Waals surface area contributed by atoms with E-state index in [1.807, 2.05) is 6.92 Å². The van der Waals surface area contributed by atoms with Gasteiger partial charge in [-0.3, -0.25) is 4.79 Å². The molecule has 0 saturated heterocycles. The van der Waals surface area contributed by atoms with E-state index in [9.17, 15) is 13.6 Å². The Bertz CT molecular complexity index is 362. The molecule has 4 heteroatoms. The number of carbonyl (C=O) groups is 1. The summed E-state index contributed by atoms with van der Waals surface area (Å²) < 4.78 is 28.4. The van der Waals surface area contributed by atoms with Crippen molar-refractivity contribution in [1.29, 1.82) is 0 Å². The van der Waals surface area contributed by atoms with Gasteiger partial charge in [0.15, 0.2) is 0 Å². The number of aryl methyl sites for hydroxylation is 1. The summed E-state index contributed by atoms with van der Waals surface area (Å²) in [7, 11) is 0. The van der Waals surface area contributed by atoms with Gasteiger partial charge in [0.05, 0.1) is 0 Å². The van der Waals surface area contributed by atoms with E-state index in [1.54, 1.807) is 12.1 Å². The van der Waals surface area contributed by atoms with E-state index in [4.69, 9.17) is 0 Å². The average Bonchev–Trinajstić information content (AvgIpc) is 2.08. The highest BCUT2D eigenvalue weighted by Gasteiger charge is 2.10. The van der Waals surface area contributed by atoms with Crippen molar-refractivity contribution in [2.24, 2.45) is 0 Å². The van der Waals surface area contributed by atoms with E-state index in [0.29, 0.717) is 5.56 Å². The fourth-order valence-corrected chi connectivity index (χ4v) is 1.33. The average molecular weight is 214 g/mol. The lowest BCUT2D eigenvalue weighted by molar-refractivity contribution is -0.116. The molecular weight excluding hydrogens is 202 g/mol. The van der Waals surface area contributed by atoms with Gasteiger partial charge in [0.1, 0.15) is 11.5 Å². The van der Waals surface area contributed by atoms with Gasteiger partial charge in [-0.1, -0.05) is 17.7 Å². The van der Waals surface area contributed by atoms with Crippen molar-refractivity contribution >= 4 is 5.78 Å². The topological polar surface area (TPSA) is 26.3 Å². The molecule has 1 aromatic carbocycles. The van der Waals surface area contributed by atoms with Crippen molar-refractivity contribution in [3.05, 3.63) is 29.3 Å². The van der Waals surface area contributed by atoms with Crippen LogP contribution < -0.4 is 4.74 Å². The van der Waals surface area contributed by atoms with Gasteiger partial charge in [0, 0.05) is 12.0 Å². The number of Topliss-reactive ketones (excluding diaryl/α,β-unsaturated/α-hetero) is 1. The molecule has 0 aliphatic rings. The van der Waals surface area contributed by atoms with Crippen LogP contribution in [0.4, 0.5) is 8.78 Å². The molecule has 0 unspecified atom stereocenters. The first kappa shape index (κ1) is 11.6. The van der Waals surface area contributed by atoms with Crippen molar-refractivity contribution in [3.63, 3.8) is 0 Å². The van der Waals surface area contributed by atoms with Gasteiger partial charge in [-0.15, -0.1) is 0 Å². The summed E-state index contributed by atoms with van der Waals surface area (Å²) in [4.78, 5) is 10.9. The first-order chi connectivity index (χ1) is 6.99. The van der Waals surface area contributed by atoms with Crippen molar-refractivity contribution in [2.45, 2.75) is 26.9 Å². The number of halogens is 2. The molecule has 0 amide bonds. The smallest absolute Gasteiger partial charge is 0.387 e. The Balaban J connectivity index is 2.97. The van der Waals surface area contributed by atoms with E-state index >= 15 is 0 Å². The highest BCUT2D eigenvalue weighted by atomic mass is 19.3. The van der Waals surface area contributed by atoms with Crippen molar-refractivity contribution in [2.75, 3.05) is 0 Å². The van der Waals surface area contributed by atoms with Gasteiger partial charge < -0.3 is 4.74 Å². The molecule has 0 atom stereocenters. The quantitative estimate of drug-likeness (QED) is 0.770. The molecule has 0 radical (unpaired) electrons. The zero-order valence-corrected chi connectivity index (χ0v) is 8.59. The molecule has 1 aromatic rings. The van der Waals surface area contributed by atoms with Gasteiger partial charge >= 0.3 is 6.61 Å². The maximum absolute atomic E-state index is 12.0. The van der Waals surface area contributed by atoms with Crippen LogP contribution in [0.25, 0.3) is 0 Å². The molecule has 15 heavy (non-hydrogen) atoms. The third kappa shape index (κ3) is 3.65. The first-order valence-electron chi connectivity index (χ1n) is 4.53. The largest absolute Gasteiger partial charge is 0.435 e. The number of hydrogen-bond acceptors (Lipinski definition) is 2. The normalized spacial score (nSPS) is 10.5. The van der Waals surface area contributed by atoms with Gasteiger partial charge in [0.2, 0.25) is 0 Å². The third-order valence-electron chi connectivity index (χ3n) is 1.87. The van der Waals surface area contributed by atoms with Crippen LogP contribution >= 0.6 is 0 Å². The highest BCUT2D eigenvalue weighted by molar-refractivity contribution is 5.79. The number of rotatable bonds is 4. The van der Waals surface area contributed by atoms with E-state index in [0.717, 1.165) is 5.56 Å². The minimum Gasteiger partial charge on any atom is -0.435 e. The van der Waals surface area contributed by atoms with Crippen LogP contribution in [0.2, 0.25) is 0 Å². The van der Waals surface area contributed by atoms with Crippen molar-refractivity contribution in [1.82, 2.24) is 0 Å². The number of carbonyl (C=O) groups excluding carboxylic acids is 1. The molecule has 0 saturated carbocycles. The van der Waals surface area contributed by atoms with Crippen LogP contribution in [0.5, 0.6) is 5.75 Å². The summed E-state index contributed by atoms with van der Waals surface area (Å²) in [5, 5.41) is 0. The molecule has 0 spiro atoms. The lowest BCUT2D eigenvalue weighted by Crippen LogP contribution is -2.06. The van der Waals surface area contributed by atoms with Crippen LogP contribution in [-0.4, -0.2) is 12.4 Å². The Morgan fingerprint density at radius 3 is 2.67 bits per heavy atom. The van der Waals surface area contributed by atoms with Gasteiger partial charge in [-0.05, 0) is 19.9 Å². The van der Waals surface area contributed by atoms with Gasteiger partial charge in [-0.25, -0.2) is 0 Å². The van der Waals surface area contributed by atoms with Crippen LogP contribution in [0.15, 0.2) is 18.2 Å². The standard InChI is InChI=1S/C11H12F2O2/c1-7-3-4-10(15-11(12)13)9(5-7)6-8(2)14/h3-5,11H,6H2,1-2H3. The van der Waals surface area contributed by atoms with E-state index in [2.05, 4.69) is 4.74 Å². The van der Waals surface area contributed by atoms with Crippen LogP contribution in [0.1, 0.15) is 18.1 Å². The molecule has 1 rings (SSSR count). The molecule has 0 aliphatic carbocycles. The molecule has 0 N–H and O–H groups in total. The first-order valence-corrected chi connectivity index (χ1v) is 4.53. The zero-order chi connectivity index (χ0) is 11.4. The summed E-state index contributed by atoms with van der Waals surface area (Å²) in [6.45, 7) is 0.378. The fraction of sp³-hybridized carbons (Fsp3) is 0.364. The molecular formula is C11H12F2O2. The molecule has 0 heterocycles. The summed E-state index contributed by atoms with van der Waals surface area (Å²) in [5.74, 6) is -0.00878. The van der Waals surface area contributed by atoms with Crippen molar-refractivity contribution < 1.29 is 18.3 Å². The van der Waals surface area contributed by atoms with Crippen LogP contribution in [-0.2, 0) is 11.2 Å². The highest BCUT2D eigenvalue weighted by Crippen LogP contribution is 2.22. The Morgan fingerprint density at radius 2 is 2.13 bits per heavy atom. The molecule has 0 aliphatic heterocycles. The molecule has 0 aromatic heterocycles. The zero-order valence-electron chi connectivity index (χ0n) is 8.59. The summed E-state index contributed by atoms with van der Waals surface area (Å²) >= 11 is 0. The lowest BCUT2D eigenvalue weighted by atomic mass is 10.1. The van der Waals surface area contributed by atoms with E-state index in [1.165, 1.54) is 13.0 Å². The molecule has 0 fully saturated rings. The second kappa shape index (κ2) is 4.87. The monoisotopic (exact) mass is 214 g/mol. The molecule has 82 valence electrons. The van der Waals surface area contributed by atoms with E-state index in [-0.39, 0.29) is 18.0 Å². The third-order valence-corrected chi connectivity index (χ3v) is 1.87. The second-order valence-electron chi connectivity index (χ2n) is 3.37. The number of benzene rings is 1. The predicted molar refractivity (Wildman–Crippen MR) is 52.2 cm³/mol. The molecule has 2 nitrogen and oxygen atoms in total. The minimum atomic E-state index is -2.86. The Morgan fingerprint density at radius 1 is 1.47 bits per heavy atom. The number of ketones is 1. The summed E-state index contributed by atoms with van der Waals surface area (Å²) in [6, 6.07) is 4.81. The summed E-state index contributed by atoms with van der Waals surface area (Å²) in [6.07, 6.45) is 0.115. The number of alkyl halides is 2. The van der Waals surface area contributed by atoms with Gasteiger partial charge in [-0.2, -0.15) is 8.78 Å². The molecule has 0 bridgehead atoms. The SMILES string of the molecule is CC(=O)Cc1cc(C)ccc1OC(F)F. The maximum atomic E-state index is 12.0. The Kier molecular flexibility index (Phi) is 3.77. The number of ether oxygens (including phenoxy) is 1. The Labute approximate surface area is 86.9 Å². The minimum absolute atomic E-state index is 0.0748. The number of hydrogen-bond donors (Lipinski definition) is 0. The van der Waals surface area contributed by atoms with Crippen LogP contribution in [0, 0.1) is 6.92 Å². The van der Waals surface area contributed by atoms with Gasteiger partial charge in [0.25, 0.3) is 0 Å². The second-order valence-corrected chi connectivity index (χ2v) is 3.37. The summed E-state index contributed by atoms with van der Waals surface area (Å²) in [5.41, 5.74) is 1.41.